The van der Waals surface area contributed by atoms with Crippen molar-refractivity contribution in [2.24, 2.45) is 11.8 Å². The molecule has 1 N–H and O–H groups in total. The second-order valence-electron chi connectivity index (χ2n) is 6.89. The lowest BCUT2D eigenvalue weighted by molar-refractivity contribution is 0.235. The van der Waals surface area contributed by atoms with Crippen LogP contribution in [0.3, 0.4) is 0 Å². The molecular weight excluding hydrogens is 218 g/mol. The molecule has 0 aromatic heterocycles. The fourth-order valence-electron chi connectivity index (χ4n) is 4.13. The van der Waals surface area contributed by atoms with Crippen LogP contribution in [0.25, 0.3) is 0 Å². The van der Waals surface area contributed by atoms with E-state index in [9.17, 15) is 0 Å². The number of rotatable bonds is 4. The van der Waals surface area contributed by atoms with Gasteiger partial charge in [-0.1, -0.05) is 44.9 Å². The van der Waals surface area contributed by atoms with E-state index in [1.165, 1.54) is 70.6 Å². The molecule has 18 heavy (non-hydrogen) atoms. The predicted octanol–water partition coefficient (Wildman–Crippen LogP) is 4.90. The average Bonchev–Trinajstić information content (AvgIpc) is 2.68. The highest BCUT2D eigenvalue weighted by atomic mass is 15.0. The fourth-order valence-corrected chi connectivity index (χ4v) is 4.13. The van der Waals surface area contributed by atoms with Gasteiger partial charge in [-0.2, -0.15) is 0 Å². The normalized spacial score (nSPS) is 27.7. The summed E-state index contributed by atoms with van der Waals surface area (Å²) in [6.07, 6.45) is 16.1. The molecule has 2 atom stereocenters. The van der Waals surface area contributed by atoms with Gasteiger partial charge in [0.25, 0.3) is 0 Å². The van der Waals surface area contributed by atoms with Gasteiger partial charge in [-0.15, -0.1) is 0 Å². The third kappa shape index (κ3) is 4.26. The first-order valence-corrected chi connectivity index (χ1v) is 8.53. The summed E-state index contributed by atoms with van der Waals surface area (Å²) < 4.78 is 0. The lowest BCUT2D eigenvalue weighted by Crippen LogP contribution is -2.43. The van der Waals surface area contributed by atoms with Gasteiger partial charge in [0.2, 0.25) is 0 Å². The van der Waals surface area contributed by atoms with Gasteiger partial charge in [-0.05, 0) is 51.4 Å². The molecule has 0 amide bonds. The van der Waals surface area contributed by atoms with Gasteiger partial charge in [0, 0.05) is 12.1 Å². The quantitative estimate of drug-likeness (QED) is 0.700. The Kier molecular flexibility index (Phi) is 6.01. The van der Waals surface area contributed by atoms with E-state index >= 15 is 0 Å². The van der Waals surface area contributed by atoms with E-state index in [1.54, 1.807) is 0 Å². The second kappa shape index (κ2) is 7.53. The first kappa shape index (κ1) is 14.4. The van der Waals surface area contributed by atoms with Crippen molar-refractivity contribution in [3.8, 4) is 0 Å². The van der Waals surface area contributed by atoms with Crippen LogP contribution in [0, 0.1) is 11.8 Å². The average molecular weight is 251 g/mol. The van der Waals surface area contributed by atoms with Crippen LogP contribution in [0.1, 0.15) is 84.5 Å². The van der Waals surface area contributed by atoms with E-state index in [0.717, 1.165) is 23.9 Å². The summed E-state index contributed by atoms with van der Waals surface area (Å²) in [4.78, 5) is 0. The Morgan fingerprint density at radius 1 is 0.611 bits per heavy atom. The van der Waals surface area contributed by atoms with Crippen LogP contribution in [0.15, 0.2) is 0 Å². The van der Waals surface area contributed by atoms with E-state index in [1.807, 2.05) is 0 Å². The smallest absolute Gasteiger partial charge is 0.00695 e. The van der Waals surface area contributed by atoms with Gasteiger partial charge >= 0.3 is 0 Å². The van der Waals surface area contributed by atoms with Crippen LogP contribution >= 0.6 is 0 Å². The van der Waals surface area contributed by atoms with E-state index < -0.39 is 0 Å². The Hall–Kier alpha value is -0.0400. The van der Waals surface area contributed by atoms with Crippen molar-refractivity contribution in [2.45, 2.75) is 96.6 Å². The zero-order chi connectivity index (χ0) is 12.8. The topological polar surface area (TPSA) is 12.0 Å². The summed E-state index contributed by atoms with van der Waals surface area (Å²) in [5, 5.41) is 3.95. The largest absolute Gasteiger partial charge is 0.311 e. The van der Waals surface area contributed by atoms with Crippen LogP contribution in [-0.4, -0.2) is 12.1 Å². The molecule has 0 aromatic carbocycles. The Labute approximate surface area is 114 Å². The van der Waals surface area contributed by atoms with Crippen molar-refractivity contribution in [2.75, 3.05) is 0 Å². The predicted molar refractivity (Wildman–Crippen MR) is 79.8 cm³/mol. The fraction of sp³-hybridized carbons (Fsp3) is 1.00. The molecule has 2 aliphatic carbocycles. The van der Waals surface area contributed by atoms with Crippen LogP contribution in [0.4, 0.5) is 0 Å². The Morgan fingerprint density at radius 3 is 1.33 bits per heavy atom. The SMILES string of the molecule is CC(N[C@@H](C)C1CCCCCC1)C1CCCCC1. The van der Waals surface area contributed by atoms with Crippen molar-refractivity contribution in [1.82, 2.24) is 5.32 Å². The lowest BCUT2D eigenvalue weighted by atomic mass is 9.83. The van der Waals surface area contributed by atoms with Crippen LogP contribution in [0.2, 0.25) is 0 Å². The molecule has 1 nitrogen and oxygen atoms in total. The van der Waals surface area contributed by atoms with Crippen molar-refractivity contribution in [3.05, 3.63) is 0 Å². The van der Waals surface area contributed by atoms with E-state index in [-0.39, 0.29) is 0 Å². The first-order valence-electron chi connectivity index (χ1n) is 8.53. The second-order valence-corrected chi connectivity index (χ2v) is 6.89. The van der Waals surface area contributed by atoms with Gasteiger partial charge in [-0.3, -0.25) is 0 Å². The maximum absolute atomic E-state index is 3.95. The minimum absolute atomic E-state index is 0.736. The maximum atomic E-state index is 3.95. The molecular formula is C17H33N. The zero-order valence-electron chi connectivity index (χ0n) is 12.6. The van der Waals surface area contributed by atoms with Crippen molar-refractivity contribution in [1.29, 1.82) is 0 Å². The number of nitrogens with one attached hydrogen (secondary N) is 1. The van der Waals surface area contributed by atoms with Crippen molar-refractivity contribution in [3.63, 3.8) is 0 Å². The minimum Gasteiger partial charge on any atom is -0.311 e. The molecule has 1 unspecified atom stereocenters. The Balaban J connectivity index is 1.75. The monoisotopic (exact) mass is 251 g/mol. The number of hydrogen-bond acceptors (Lipinski definition) is 1. The molecule has 0 bridgehead atoms. The molecule has 0 aliphatic heterocycles. The minimum atomic E-state index is 0.736. The summed E-state index contributed by atoms with van der Waals surface area (Å²) in [6.45, 7) is 4.87. The van der Waals surface area contributed by atoms with Crippen molar-refractivity contribution < 1.29 is 0 Å². The summed E-state index contributed by atoms with van der Waals surface area (Å²) >= 11 is 0. The lowest BCUT2D eigenvalue weighted by Gasteiger charge is -2.33. The van der Waals surface area contributed by atoms with Crippen molar-refractivity contribution >= 4 is 0 Å². The molecule has 1 heteroatoms. The summed E-state index contributed by atoms with van der Waals surface area (Å²) in [6, 6.07) is 1.48. The van der Waals surface area contributed by atoms with Gasteiger partial charge in [0.15, 0.2) is 0 Å². The van der Waals surface area contributed by atoms with Gasteiger partial charge in [0.05, 0.1) is 0 Å². The van der Waals surface area contributed by atoms with Gasteiger partial charge < -0.3 is 5.32 Å². The summed E-state index contributed by atoms with van der Waals surface area (Å²) in [7, 11) is 0. The van der Waals surface area contributed by atoms with E-state index in [0.29, 0.717) is 0 Å². The van der Waals surface area contributed by atoms with Crippen LogP contribution in [0.5, 0.6) is 0 Å². The Bertz CT molecular complexity index is 212. The molecule has 2 rings (SSSR count). The Morgan fingerprint density at radius 2 is 0.944 bits per heavy atom. The molecule has 0 heterocycles. The third-order valence-corrected chi connectivity index (χ3v) is 5.49. The summed E-state index contributed by atoms with van der Waals surface area (Å²) in [5.41, 5.74) is 0. The van der Waals surface area contributed by atoms with E-state index in [2.05, 4.69) is 19.2 Å². The molecule has 2 aliphatic rings. The van der Waals surface area contributed by atoms with Gasteiger partial charge in [0.1, 0.15) is 0 Å². The third-order valence-electron chi connectivity index (χ3n) is 5.49. The molecule has 0 saturated heterocycles. The molecule has 2 fully saturated rings. The molecule has 106 valence electrons. The highest BCUT2D eigenvalue weighted by molar-refractivity contribution is 4.82. The highest BCUT2D eigenvalue weighted by Crippen LogP contribution is 2.29. The molecule has 0 radical (unpaired) electrons. The molecule has 0 aromatic rings. The summed E-state index contributed by atoms with van der Waals surface area (Å²) in [5.74, 6) is 1.89. The van der Waals surface area contributed by atoms with E-state index in [4.69, 9.17) is 0 Å². The van der Waals surface area contributed by atoms with Crippen LogP contribution < -0.4 is 5.32 Å². The van der Waals surface area contributed by atoms with Crippen LogP contribution in [-0.2, 0) is 0 Å². The standard InChI is InChI=1S/C17H33N/c1-14(16-10-6-3-4-7-11-16)18-15(2)17-12-8-5-9-13-17/h14-18H,3-13H2,1-2H3/t14-,15?/m0/s1. The maximum Gasteiger partial charge on any atom is 0.00695 e. The highest BCUT2D eigenvalue weighted by Gasteiger charge is 2.24. The zero-order valence-corrected chi connectivity index (χ0v) is 12.6. The molecule has 2 saturated carbocycles. The van der Waals surface area contributed by atoms with Gasteiger partial charge in [-0.25, -0.2) is 0 Å². The molecule has 0 spiro atoms. The first-order chi connectivity index (χ1) is 8.77. The number of hydrogen-bond donors (Lipinski definition) is 1.